The second-order valence-corrected chi connectivity index (χ2v) is 11.1. The number of hydrogen-bond acceptors (Lipinski definition) is 8. The molecule has 0 fully saturated rings. The summed E-state index contributed by atoms with van der Waals surface area (Å²) in [6, 6.07) is 4.11. The molecular formula is C29H45N5O6. The molecule has 1 aliphatic rings. The van der Waals surface area contributed by atoms with E-state index in [2.05, 4.69) is 27.6 Å². The standard InChI is InChI=1S/C29H45N5O6/c1-18-15-34(19(2)17-35)28(36)24-14-23(30-29(37)31-27-21(4)32-40-22(27)5)11-12-25(24)39-20(3)10-8-9-13-38-26(18)16-33(6)7/h11-12,14,18-20,26,35H,8-10,13,15-17H2,1-7H3,(H2,30,31,37)/t18-,19+,20-,26+/m1/s1. The van der Waals surface area contributed by atoms with E-state index in [9.17, 15) is 14.7 Å². The van der Waals surface area contributed by atoms with Gasteiger partial charge in [-0.15, -0.1) is 0 Å². The number of carbonyl (C=O) groups is 2. The number of aliphatic hydroxyl groups excluding tert-OH is 1. The van der Waals surface area contributed by atoms with Gasteiger partial charge in [-0.1, -0.05) is 12.1 Å². The highest BCUT2D eigenvalue weighted by Gasteiger charge is 2.30. The average Bonchev–Trinajstić information content (AvgIpc) is 3.22. The SMILES string of the molecule is Cc1noc(C)c1NC(=O)Nc1ccc2c(c1)C(=O)N([C@@H](C)CO)C[C@@H](C)[C@H](CN(C)C)OCCCC[C@@H](C)O2. The van der Waals surface area contributed by atoms with E-state index in [1.165, 1.54) is 0 Å². The van der Waals surface area contributed by atoms with E-state index in [1.807, 2.05) is 27.9 Å². The Bertz CT molecular complexity index is 1120. The molecule has 3 amide bonds. The first kappa shape index (κ1) is 31.4. The Hall–Kier alpha value is -3.15. The van der Waals surface area contributed by atoms with Gasteiger partial charge in [0.1, 0.15) is 17.1 Å². The molecule has 1 aromatic carbocycles. The third-order valence-corrected chi connectivity index (χ3v) is 7.13. The number of aryl methyl sites for hydroxylation is 2. The zero-order valence-corrected chi connectivity index (χ0v) is 24.8. The van der Waals surface area contributed by atoms with Crippen LogP contribution in [-0.4, -0.2) is 90.6 Å². The largest absolute Gasteiger partial charge is 0.490 e. The van der Waals surface area contributed by atoms with Crippen molar-refractivity contribution in [3.05, 3.63) is 35.2 Å². The highest BCUT2D eigenvalue weighted by Crippen LogP contribution is 2.29. The molecule has 0 unspecified atom stereocenters. The molecule has 4 atom stereocenters. The Morgan fingerprint density at radius 2 is 1.98 bits per heavy atom. The number of aliphatic hydroxyl groups is 1. The summed E-state index contributed by atoms with van der Waals surface area (Å²) in [5.41, 5.74) is 1.80. The Labute approximate surface area is 237 Å². The summed E-state index contributed by atoms with van der Waals surface area (Å²) < 4.78 is 17.6. The molecule has 0 spiro atoms. The number of carbonyl (C=O) groups excluding carboxylic acids is 2. The quantitative estimate of drug-likeness (QED) is 0.478. The molecule has 1 aliphatic heterocycles. The van der Waals surface area contributed by atoms with Crippen molar-refractivity contribution < 1.29 is 28.7 Å². The molecule has 2 aromatic rings. The van der Waals surface area contributed by atoms with Crippen LogP contribution < -0.4 is 15.4 Å². The van der Waals surface area contributed by atoms with Crippen LogP contribution in [0.1, 0.15) is 61.8 Å². The van der Waals surface area contributed by atoms with E-state index in [4.69, 9.17) is 14.0 Å². The first-order chi connectivity index (χ1) is 19.0. The van der Waals surface area contributed by atoms with Gasteiger partial charge in [0.2, 0.25) is 0 Å². The Morgan fingerprint density at radius 3 is 2.62 bits per heavy atom. The minimum atomic E-state index is -0.491. The number of hydrogen-bond donors (Lipinski definition) is 3. The zero-order valence-electron chi connectivity index (χ0n) is 24.8. The van der Waals surface area contributed by atoms with Gasteiger partial charge in [-0.05, 0) is 79.3 Å². The van der Waals surface area contributed by atoms with Crippen molar-refractivity contribution >= 4 is 23.3 Å². The summed E-state index contributed by atoms with van der Waals surface area (Å²) in [4.78, 5) is 30.6. The van der Waals surface area contributed by atoms with E-state index in [-0.39, 0.29) is 30.6 Å². The van der Waals surface area contributed by atoms with Crippen LogP contribution in [0.5, 0.6) is 5.75 Å². The summed E-state index contributed by atoms with van der Waals surface area (Å²) in [6.45, 7) is 10.9. The normalized spacial score (nSPS) is 21.8. The van der Waals surface area contributed by atoms with E-state index in [1.54, 1.807) is 36.9 Å². The number of urea groups is 1. The van der Waals surface area contributed by atoms with Gasteiger partial charge in [-0.3, -0.25) is 4.79 Å². The zero-order chi connectivity index (χ0) is 29.4. The van der Waals surface area contributed by atoms with Crippen LogP contribution in [0.2, 0.25) is 0 Å². The number of likely N-dealkylation sites (N-methyl/N-ethyl adjacent to an activating group) is 1. The molecule has 11 heteroatoms. The lowest BCUT2D eigenvalue weighted by molar-refractivity contribution is -0.0137. The van der Waals surface area contributed by atoms with Crippen molar-refractivity contribution in [2.24, 2.45) is 5.92 Å². The maximum Gasteiger partial charge on any atom is 0.323 e. The molecule has 0 aliphatic carbocycles. The van der Waals surface area contributed by atoms with Crippen molar-refractivity contribution in [2.75, 3.05) is 51.0 Å². The molecule has 2 heterocycles. The third kappa shape index (κ3) is 8.42. The van der Waals surface area contributed by atoms with Crippen molar-refractivity contribution in [3.63, 3.8) is 0 Å². The number of fused-ring (bicyclic) bond motifs is 1. The smallest absolute Gasteiger partial charge is 0.323 e. The number of benzene rings is 1. The molecular weight excluding hydrogens is 514 g/mol. The van der Waals surface area contributed by atoms with Gasteiger partial charge in [-0.25, -0.2) is 4.79 Å². The van der Waals surface area contributed by atoms with Crippen molar-refractivity contribution in [2.45, 2.75) is 72.1 Å². The van der Waals surface area contributed by atoms with Gasteiger partial charge in [0.05, 0.1) is 30.4 Å². The first-order valence-corrected chi connectivity index (χ1v) is 14.0. The van der Waals surface area contributed by atoms with Crippen LogP contribution in [0.4, 0.5) is 16.2 Å². The highest BCUT2D eigenvalue weighted by molar-refractivity contribution is 6.03. The number of nitrogens with one attached hydrogen (secondary N) is 2. The molecule has 222 valence electrons. The van der Waals surface area contributed by atoms with Crippen LogP contribution in [0, 0.1) is 19.8 Å². The molecule has 0 radical (unpaired) electrons. The van der Waals surface area contributed by atoms with E-state index in [0.29, 0.717) is 47.3 Å². The Balaban J connectivity index is 1.94. The number of amides is 3. The lowest BCUT2D eigenvalue weighted by Gasteiger charge is -2.35. The summed E-state index contributed by atoms with van der Waals surface area (Å²) in [7, 11) is 4.01. The third-order valence-electron chi connectivity index (χ3n) is 7.13. The fraction of sp³-hybridized carbons (Fsp3) is 0.621. The average molecular weight is 560 g/mol. The summed E-state index contributed by atoms with van der Waals surface area (Å²) in [5, 5.41) is 19.5. The molecule has 3 N–H and O–H groups in total. The van der Waals surface area contributed by atoms with Gasteiger partial charge in [0.25, 0.3) is 5.91 Å². The summed E-state index contributed by atoms with van der Waals surface area (Å²) >= 11 is 0. The van der Waals surface area contributed by atoms with Gasteiger partial charge in [-0.2, -0.15) is 0 Å². The minimum Gasteiger partial charge on any atom is -0.490 e. The maximum absolute atomic E-state index is 14.1. The topological polar surface area (TPSA) is 129 Å². The highest BCUT2D eigenvalue weighted by atomic mass is 16.5. The molecule has 11 nitrogen and oxygen atoms in total. The van der Waals surface area contributed by atoms with Gasteiger partial charge >= 0.3 is 6.03 Å². The number of aromatic nitrogens is 1. The van der Waals surface area contributed by atoms with Crippen LogP contribution >= 0.6 is 0 Å². The fourth-order valence-corrected chi connectivity index (χ4v) is 4.76. The van der Waals surface area contributed by atoms with E-state index in [0.717, 1.165) is 25.8 Å². The monoisotopic (exact) mass is 559 g/mol. The second-order valence-electron chi connectivity index (χ2n) is 11.1. The number of ether oxygens (including phenoxy) is 2. The first-order valence-electron chi connectivity index (χ1n) is 14.0. The van der Waals surface area contributed by atoms with Crippen molar-refractivity contribution in [1.29, 1.82) is 0 Å². The van der Waals surface area contributed by atoms with Crippen LogP contribution in [0.3, 0.4) is 0 Å². The molecule has 0 saturated carbocycles. The number of nitrogens with zero attached hydrogens (tertiary/aromatic N) is 3. The minimum absolute atomic E-state index is 0.00807. The van der Waals surface area contributed by atoms with Crippen molar-refractivity contribution in [3.8, 4) is 5.75 Å². The van der Waals surface area contributed by atoms with E-state index >= 15 is 0 Å². The Morgan fingerprint density at radius 1 is 1.23 bits per heavy atom. The van der Waals surface area contributed by atoms with Crippen LogP contribution in [0.15, 0.2) is 22.7 Å². The summed E-state index contributed by atoms with van der Waals surface area (Å²) in [5.74, 6) is 0.656. The molecule has 3 rings (SSSR count). The lowest BCUT2D eigenvalue weighted by Crippen LogP contribution is -2.47. The van der Waals surface area contributed by atoms with Gasteiger partial charge in [0.15, 0.2) is 5.76 Å². The Kier molecular flexibility index (Phi) is 11.4. The van der Waals surface area contributed by atoms with Gasteiger partial charge < -0.3 is 39.5 Å². The van der Waals surface area contributed by atoms with E-state index < -0.39 is 12.1 Å². The fourth-order valence-electron chi connectivity index (χ4n) is 4.76. The molecule has 0 bridgehead atoms. The predicted octanol–water partition coefficient (Wildman–Crippen LogP) is 4.29. The molecule has 40 heavy (non-hydrogen) atoms. The maximum atomic E-state index is 14.1. The van der Waals surface area contributed by atoms with Crippen LogP contribution in [0.25, 0.3) is 0 Å². The molecule has 1 aromatic heterocycles. The molecule has 0 saturated heterocycles. The summed E-state index contributed by atoms with van der Waals surface area (Å²) in [6.07, 6.45) is 2.45. The number of anilines is 2. The number of rotatable bonds is 6. The van der Waals surface area contributed by atoms with Crippen molar-refractivity contribution in [1.82, 2.24) is 15.0 Å². The lowest BCUT2D eigenvalue weighted by atomic mass is 10.0. The van der Waals surface area contributed by atoms with Crippen LogP contribution in [-0.2, 0) is 4.74 Å². The van der Waals surface area contributed by atoms with Gasteiger partial charge in [0, 0.05) is 31.3 Å². The second kappa shape index (κ2) is 14.5. The predicted molar refractivity (Wildman–Crippen MR) is 154 cm³/mol.